The van der Waals surface area contributed by atoms with Crippen LogP contribution in [0.1, 0.15) is 32.3 Å². The lowest BCUT2D eigenvalue weighted by atomic mass is 10.2. The average Bonchev–Trinajstić information content (AvgIpc) is 3.21. The Morgan fingerprint density at radius 2 is 1.97 bits per heavy atom. The van der Waals surface area contributed by atoms with E-state index in [9.17, 15) is 9.59 Å². The Morgan fingerprint density at radius 3 is 2.66 bits per heavy atom. The number of nitrogens with zero attached hydrogens (tertiary/aromatic N) is 2. The lowest BCUT2D eigenvalue weighted by Gasteiger charge is -2.16. The van der Waals surface area contributed by atoms with Crippen LogP contribution >= 0.6 is 0 Å². The first-order chi connectivity index (χ1) is 15.5. The zero-order chi connectivity index (χ0) is 22.8. The largest absolute Gasteiger partial charge is 0.492 e. The smallest absolute Gasteiger partial charge is 0.227 e. The summed E-state index contributed by atoms with van der Waals surface area (Å²) >= 11 is 0. The van der Waals surface area contributed by atoms with Crippen molar-refractivity contribution in [2.24, 2.45) is 4.99 Å². The van der Waals surface area contributed by atoms with Crippen LogP contribution in [0.2, 0.25) is 0 Å². The number of hydrogen-bond acceptors (Lipinski definition) is 4. The molecule has 1 saturated heterocycles. The molecule has 0 aromatic heterocycles. The molecule has 3 rings (SSSR count). The van der Waals surface area contributed by atoms with Crippen LogP contribution in [-0.2, 0) is 16.1 Å². The molecule has 1 aliphatic rings. The van der Waals surface area contributed by atoms with Crippen LogP contribution in [0, 0.1) is 0 Å². The van der Waals surface area contributed by atoms with E-state index in [2.05, 4.69) is 20.9 Å². The first-order valence-corrected chi connectivity index (χ1v) is 11.0. The summed E-state index contributed by atoms with van der Waals surface area (Å²) in [5.74, 6) is 1.48. The van der Waals surface area contributed by atoms with E-state index in [1.807, 2.05) is 54.3 Å². The summed E-state index contributed by atoms with van der Waals surface area (Å²) in [7, 11) is 0. The van der Waals surface area contributed by atoms with E-state index in [4.69, 9.17) is 4.74 Å². The molecule has 2 amide bonds. The van der Waals surface area contributed by atoms with Crippen LogP contribution in [0.4, 0.5) is 11.4 Å². The molecule has 1 fully saturated rings. The molecule has 0 atom stereocenters. The van der Waals surface area contributed by atoms with Gasteiger partial charge >= 0.3 is 0 Å². The van der Waals surface area contributed by atoms with Crippen LogP contribution in [0.15, 0.2) is 53.5 Å². The second-order valence-electron chi connectivity index (χ2n) is 7.49. The summed E-state index contributed by atoms with van der Waals surface area (Å²) in [6.07, 6.45) is 1.56. The van der Waals surface area contributed by atoms with Gasteiger partial charge in [-0.2, -0.15) is 0 Å². The summed E-state index contributed by atoms with van der Waals surface area (Å²) in [5, 5.41) is 9.23. The fraction of sp³-hybridized carbons (Fsp3) is 0.375. The van der Waals surface area contributed by atoms with Gasteiger partial charge in [-0.15, -0.1) is 0 Å². The number of carbonyl (C=O) groups is 2. The third-order valence-electron chi connectivity index (χ3n) is 4.90. The van der Waals surface area contributed by atoms with Gasteiger partial charge in [0.25, 0.3) is 0 Å². The number of guanidine groups is 1. The van der Waals surface area contributed by atoms with Gasteiger partial charge in [0.15, 0.2) is 5.96 Å². The number of amides is 2. The molecule has 0 aliphatic carbocycles. The van der Waals surface area contributed by atoms with Crippen molar-refractivity contribution in [1.82, 2.24) is 10.6 Å². The van der Waals surface area contributed by atoms with Gasteiger partial charge in [-0.25, -0.2) is 4.99 Å². The minimum atomic E-state index is -0.116. The van der Waals surface area contributed by atoms with Crippen molar-refractivity contribution in [2.75, 3.05) is 36.5 Å². The van der Waals surface area contributed by atoms with Crippen LogP contribution in [0.5, 0.6) is 5.75 Å². The number of anilines is 2. The van der Waals surface area contributed by atoms with E-state index >= 15 is 0 Å². The first-order valence-electron chi connectivity index (χ1n) is 11.0. The molecule has 0 unspecified atom stereocenters. The Morgan fingerprint density at radius 1 is 1.16 bits per heavy atom. The van der Waals surface area contributed by atoms with Crippen molar-refractivity contribution < 1.29 is 14.3 Å². The Bertz CT molecular complexity index is 943. The van der Waals surface area contributed by atoms with E-state index in [0.717, 1.165) is 30.8 Å². The lowest BCUT2D eigenvalue weighted by Crippen LogP contribution is -2.39. The highest BCUT2D eigenvalue weighted by molar-refractivity contribution is 5.95. The molecule has 1 heterocycles. The van der Waals surface area contributed by atoms with Crippen LogP contribution in [0.25, 0.3) is 0 Å². The Kier molecular flexibility index (Phi) is 8.48. The molecule has 2 aromatic rings. The molecule has 170 valence electrons. The molecule has 1 aliphatic heterocycles. The average molecular weight is 438 g/mol. The van der Waals surface area contributed by atoms with E-state index in [0.29, 0.717) is 43.5 Å². The number of aliphatic imine (C=N–C) groups is 1. The number of rotatable bonds is 9. The van der Waals surface area contributed by atoms with Crippen molar-refractivity contribution >= 4 is 29.1 Å². The fourth-order valence-corrected chi connectivity index (χ4v) is 3.42. The third-order valence-corrected chi connectivity index (χ3v) is 4.90. The highest BCUT2D eigenvalue weighted by atomic mass is 16.5. The second-order valence-corrected chi connectivity index (χ2v) is 7.49. The van der Waals surface area contributed by atoms with Crippen LogP contribution in [0.3, 0.4) is 0 Å². The first kappa shape index (κ1) is 23.1. The second kappa shape index (κ2) is 11.7. The van der Waals surface area contributed by atoms with E-state index in [1.54, 1.807) is 6.07 Å². The topological polar surface area (TPSA) is 95.1 Å². The summed E-state index contributed by atoms with van der Waals surface area (Å²) in [6, 6.07) is 15.3. The maximum absolute atomic E-state index is 11.9. The van der Waals surface area contributed by atoms with Gasteiger partial charge in [-0.3, -0.25) is 9.59 Å². The number of hydrogen-bond donors (Lipinski definition) is 3. The quantitative estimate of drug-likeness (QED) is 0.319. The number of ether oxygens (including phenoxy) is 1. The van der Waals surface area contributed by atoms with Crippen molar-refractivity contribution in [3.8, 4) is 5.75 Å². The van der Waals surface area contributed by atoms with E-state index in [1.165, 1.54) is 6.92 Å². The molecule has 3 N–H and O–H groups in total. The lowest BCUT2D eigenvalue weighted by molar-refractivity contribution is -0.117. The predicted octanol–water partition coefficient (Wildman–Crippen LogP) is 2.91. The summed E-state index contributed by atoms with van der Waals surface area (Å²) in [4.78, 5) is 29.5. The van der Waals surface area contributed by atoms with Gasteiger partial charge in [-0.05, 0) is 43.2 Å². The van der Waals surface area contributed by atoms with E-state index in [-0.39, 0.29) is 11.8 Å². The number of carbonyl (C=O) groups excluding carboxylic acids is 2. The molecule has 0 spiro atoms. The van der Waals surface area contributed by atoms with Gasteiger partial charge in [0.05, 0.1) is 13.1 Å². The Labute approximate surface area is 189 Å². The summed E-state index contributed by atoms with van der Waals surface area (Å²) in [5.41, 5.74) is 2.73. The molecule has 0 bridgehead atoms. The van der Waals surface area contributed by atoms with Gasteiger partial charge in [0.2, 0.25) is 11.8 Å². The predicted molar refractivity (Wildman–Crippen MR) is 127 cm³/mol. The van der Waals surface area contributed by atoms with Gasteiger partial charge in [0, 0.05) is 43.9 Å². The third kappa shape index (κ3) is 7.01. The Balaban J connectivity index is 1.47. The molecule has 8 nitrogen and oxygen atoms in total. The standard InChI is InChI=1S/C24H31N5O3/c1-3-25-24(26-13-15-32-22-7-4-6-20(16-22)28-18(2)30)27-17-19-9-11-21(12-10-19)29-14-5-8-23(29)31/h4,6-7,9-12,16H,3,5,8,13-15,17H2,1-2H3,(H,28,30)(H2,25,26,27). The molecule has 2 aromatic carbocycles. The summed E-state index contributed by atoms with van der Waals surface area (Å²) < 4.78 is 5.76. The van der Waals surface area contributed by atoms with Crippen molar-refractivity contribution in [1.29, 1.82) is 0 Å². The van der Waals surface area contributed by atoms with Crippen molar-refractivity contribution in [3.05, 3.63) is 54.1 Å². The molecule has 32 heavy (non-hydrogen) atoms. The minimum absolute atomic E-state index is 0.116. The highest BCUT2D eigenvalue weighted by Gasteiger charge is 2.21. The molecule has 0 saturated carbocycles. The van der Waals surface area contributed by atoms with Crippen LogP contribution < -0.4 is 25.6 Å². The number of nitrogens with one attached hydrogen (secondary N) is 3. The van der Waals surface area contributed by atoms with Crippen LogP contribution in [-0.4, -0.2) is 44.0 Å². The SMILES string of the molecule is CCNC(=NCc1ccc(N2CCCC2=O)cc1)NCCOc1cccc(NC(C)=O)c1. The van der Waals surface area contributed by atoms with Crippen molar-refractivity contribution in [2.45, 2.75) is 33.2 Å². The normalized spacial score (nSPS) is 13.8. The Hall–Kier alpha value is -3.55. The maximum Gasteiger partial charge on any atom is 0.227 e. The number of benzene rings is 2. The van der Waals surface area contributed by atoms with Gasteiger partial charge in [0.1, 0.15) is 12.4 Å². The molecule has 0 radical (unpaired) electrons. The fourth-order valence-electron chi connectivity index (χ4n) is 3.42. The van der Waals surface area contributed by atoms with Crippen molar-refractivity contribution in [3.63, 3.8) is 0 Å². The minimum Gasteiger partial charge on any atom is -0.492 e. The van der Waals surface area contributed by atoms with Gasteiger partial charge in [-0.1, -0.05) is 18.2 Å². The van der Waals surface area contributed by atoms with E-state index < -0.39 is 0 Å². The van der Waals surface area contributed by atoms with Gasteiger partial charge < -0.3 is 25.6 Å². The zero-order valence-corrected chi connectivity index (χ0v) is 18.7. The molecular formula is C24H31N5O3. The highest BCUT2D eigenvalue weighted by Crippen LogP contribution is 2.21. The molecular weight excluding hydrogens is 406 g/mol. The molecule has 8 heteroatoms. The monoisotopic (exact) mass is 437 g/mol. The maximum atomic E-state index is 11.9. The zero-order valence-electron chi connectivity index (χ0n) is 18.7. The summed E-state index contributed by atoms with van der Waals surface area (Å²) in [6.45, 7) is 6.60.